The maximum Gasteiger partial charge on any atom is 0.307 e. The smallest absolute Gasteiger partial charge is 0.307 e. The molecule has 1 N–H and O–H groups in total. The minimum absolute atomic E-state index is 0.0370. The van der Waals surface area contributed by atoms with Crippen LogP contribution in [0.4, 0.5) is 8.78 Å². The van der Waals surface area contributed by atoms with Gasteiger partial charge >= 0.3 is 5.97 Å². The first-order valence-corrected chi connectivity index (χ1v) is 4.86. The molecule has 6 heteroatoms. The number of nitrogens with zero attached hydrogens (tertiary/aromatic N) is 1. The number of carboxylic acids is 1. The van der Waals surface area contributed by atoms with Crippen LogP contribution in [0.3, 0.4) is 0 Å². The number of aliphatic carboxylic acids is 1. The van der Waals surface area contributed by atoms with Gasteiger partial charge in [0.05, 0.1) is 12.1 Å². The van der Waals surface area contributed by atoms with Gasteiger partial charge in [-0.15, -0.1) is 0 Å². The fourth-order valence-electron chi connectivity index (χ4n) is 1.18. The number of pyridine rings is 1. The molecule has 1 heterocycles. The van der Waals surface area contributed by atoms with E-state index < -0.39 is 18.8 Å². The molecule has 0 bridgehead atoms. The van der Waals surface area contributed by atoms with E-state index in [0.717, 1.165) is 0 Å². The Balaban J connectivity index is 3.26. The predicted octanol–water partition coefficient (Wildman–Crippen LogP) is 2.72. The molecule has 0 aliphatic rings. The summed E-state index contributed by atoms with van der Waals surface area (Å²) in [6, 6.07) is 0. The maximum atomic E-state index is 12.7. The van der Waals surface area contributed by atoms with Crippen LogP contribution in [0.15, 0.2) is 10.7 Å². The van der Waals surface area contributed by atoms with Crippen LogP contribution in [0, 0.1) is 6.92 Å². The number of alkyl halides is 2. The first kappa shape index (κ1) is 12.0. The first-order chi connectivity index (χ1) is 6.93. The molecule has 1 aromatic heterocycles. The van der Waals surface area contributed by atoms with Gasteiger partial charge in [-0.1, -0.05) is 0 Å². The van der Waals surface area contributed by atoms with Gasteiger partial charge in [-0.25, -0.2) is 8.78 Å². The number of hydrogen-bond acceptors (Lipinski definition) is 2. The van der Waals surface area contributed by atoms with E-state index in [1.54, 1.807) is 6.92 Å². The van der Waals surface area contributed by atoms with Crippen molar-refractivity contribution in [1.29, 1.82) is 0 Å². The monoisotopic (exact) mass is 279 g/mol. The average molecular weight is 280 g/mol. The Kier molecular flexibility index (Phi) is 3.73. The molecule has 15 heavy (non-hydrogen) atoms. The molecule has 82 valence electrons. The standard InChI is InChI=1S/C9H8BrF2NO2/c1-4-8(10)7(9(11)12)5(3-13-4)2-6(14)15/h3,9H,2H2,1H3,(H,14,15). The molecule has 3 nitrogen and oxygen atoms in total. The van der Waals surface area contributed by atoms with Crippen molar-refractivity contribution in [3.63, 3.8) is 0 Å². The second-order valence-corrected chi connectivity index (χ2v) is 3.76. The molecule has 0 radical (unpaired) electrons. The fraction of sp³-hybridized carbons (Fsp3) is 0.333. The van der Waals surface area contributed by atoms with Crippen molar-refractivity contribution in [2.24, 2.45) is 0 Å². The van der Waals surface area contributed by atoms with Crippen molar-refractivity contribution >= 4 is 21.9 Å². The van der Waals surface area contributed by atoms with E-state index in [9.17, 15) is 13.6 Å². The number of aryl methyl sites for hydroxylation is 1. The van der Waals surface area contributed by atoms with E-state index in [-0.39, 0.29) is 15.6 Å². The van der Waals surface area contributed by atoms with Crippen molar-refractivity contribution in [2.45, 2.75) is 19.8 Å². The largest absolute Gasteiger partial charge is 0.481 e. The number of rotatable bonds is 3. The Morgan fingerprint density at radius 1 is 1.67 bits per heavy atom. The number of carbonyl (C=O) groups is 1. The van der Waals surface area contributed by atoms with E-state index in [4.69, 9.17) is 5.11 Å². The number of halogens is 3. The van der Waals surface area contributed by atoms with Gasteiger partial charge < -0.3 is 5.11 Å². The number of carboxylic acid groups (broad SMARTS) is 1. The SMILES string of the molecule is Cc1ncc(CC(=O)O)c(C(F)F)c1Br. The summed E-state index contributed by atoms with van der Waals surface area (Å²) in [6.45, 7) is 1.57. The Hall–Kier alpha value is -1.04. The van der Waals surface area contributed by atoms with Crippen molar-refractivity contribution in [2.75, 3.05) is 0 Å². The lowest BCUT2D eigenvalue weighted by Crippen LogP contribution is -2.06. The van der Waals surface area contributed by atoms with Crippen LogP contribution >= 0.6 is 15.9 Å². The highest BCUT2D eigenvalue weighted by molar-refractivity contribution is 9.10. The van der Waals surface area contributed by atoms with E-state index in [0.29, 0.717) is 5.69 Å². The minimum atomic E-state index is -2.71. The summed E-state index contributed by atoms with van der Waals surface area (Å²) in [4.78, 5) is 14.3. The first-order valence-electron chi connectivity index (χ1n) is 4.07. The second kappa shape index (κ2) is 4.65. The zero-order valence-electron chi connectivity index (χ0n) is 7.80. The summed E-state index contributed by atoms with van der Waals surface area (Å²) in [5.41, 5.74) is 0.166. The molecular weight excluding hydrogens is 272 g/mol. The summed E-state index contributed by atoms with van der Waals surface area (Å²) in [6.07, 6.45) is -1.99. The summed E-state index contributed by atoms with van der Waals surface area (Å²) >= 11 is 2.99. The second-order valence-electron chi connectivity index (χ2n) is 2.97. The third-order valence-electron chi connectivity index (χ3n) is 1.87. The van der Waals surface area contributed by atoms with Gasteiger partial charge in [0.25, 0.3) is 6.43 Å². The molecule has 0 unspecified atom stereocenters. The zero-order chi connectivity index (χ0) is 11.6. The van der Waals surface area contributed by atoms with Crippen LogP contribution in [-0.4, -0.2) is 16.1 Å². The van der Waals surface area contributed by atoms with Gasteiger partial charge in [-0.2, -0.15) is 0 Å². The van der Waals surface area contributed by atoms with Gasteiger partial charge in [0, 0.05) is 16.2 Å². The lowest BCUT2D eigenvalue weighted by atomic mass is 10.1. The molecule has 0 spiro atoms. The lowest BCUT2D eigenvalue weighted by molar-refractivity contribution is -0.136. The van der Waals surface area contributed by atoms with E-state index >= 15 is 0 Å². The average Bonchev–Trinajstić information content (AvgIpc) is 2.10. The Bertz CT molecular complexity index is 396. The maximum absolute atomic E-state index is 12.7. The van der Waals surface area contributed by atoms with Gasteiger partial charge in [0.1, 0.15) is 0 Å². The van der Waals surface area contributed by atoms with Crippen molar-refractivity contribution in [3.05, 3.63) is 27.5 Å². The molecule has 0 amide bonds. The molecule has 0 aromatic carbocycles. The van der Waals surface area contributed by atoms with Gasteiger partial charge in [0.15, 0.2) is 0 Å². The van der Waals surface area contributed by atoms with E-state index in [2.05, 4.69) is 20.9 Å². The highest BCUT2D eigenvalue weighted by atomic mass is 79.9. The fourth-order valence-corrected chi connectivity index (χ4v) is 1.71. The highest BCUT2D eigenvalue weighted by Crippen LogP contribution is 2.32. The summed E-state index contributed by atoms with van der Waals surface area (Å²) < 4.78 is 25.5. The highest BCUT2D eigenvalue weighted by Gasteiger charge is 2.20. The normalized spacial score (nSPS) is 10.7. The third kappa shape index (κ3) is 2.71. The molecule has 0 saturated heterocycles. The molecule has 1 rings (SSSR count). The minimum Gasteiger partial charge on any atom is -0.481 e. The Morgan fingerprint density at radius 3 is 2.73 bits per heavy atom. The quantitative estimate of drug-likeness (QED) is 0.926. The third-order valence-corrected chi connectivity index (χ3v) is 2.87. The van der Waals surface area contributed by atoms with Gasteiger partial charge in [-0.05, 0) is 28.4 Å². The van der Waals surface area contributed by atoms with Crippen molar-refractivity contribution in [1.82, 2.24) is 4.98 Å². The molecule has 0 aliphatic carbocycles. The van der Waals surface area contributed by atoms with Crippen LogP contribution < -0.4 is 0 Å². The van der Waals surface area contributed by atoms with Crippen LogP contribution in [0.5, 0.6) is 0 Å². The van der Waals surface area contributed by atoms with Crippen LogP contribution in [0.2, 0.25) is 0 Å². The summed E-state index contributed by atoms with van der Waals surface area (Å²) in [5, 5.41) is 8.55. The van der Waals surface area contributed by atoms with Crippen molar-refractivity contribution < 1.29 is 18.7 Å². The number of aromatic nitrogens is 1. The van der Waals surface area contributed by atoms with Gasteiger partial charge in [-0.3, -0.25) is 9.78 Å². The van der Waals surface area contributed by atoms with Crippen molar-refractivity contribution in [3.8, 4) is 0 Å². The molecule has 0 atom stereocenters. The number of hydrogen-bond donors (Lipinski definition) is 1. The van der Waals surface area contributed by atoms with Crippen LogP contribution in [0.1, 0.15) is 23.2 Å². The topological polar surface area (TPSA) is 50.2 Å². The molecule has 0 aliphatic heterocycles. The van der Waals surface area contributed by atoms with E-state index in [1.165, 1.54) is 6.20 Å². The molecular formula is C9H8BrF2NO2. The zero-order valence-corrected chi connectivity index (χ0v) is 9.38. The van der Waals surface area contributed by atoms with Gasteiger partial charge in [0.2, 0.25) is 0 Å². The molecule has 1 aromatic rings. The summed E-state index contributed by atoms with van der Waals surface area (Å²) in [5.74, 6) is -1.16. The molecule has 0 fully saturated rings. The lowest BCUT2D eigenvalue weighted by Gasteiger charge is -2.10. The van der Waals surface area contributed by atoms with Crippen LogP contribution in [0.25, 0.3) is 0 Å². The Labute approximate surface area is 93.3 Å². The summed E-state index contributed by atoms with van der Waals surface area (Å²) in [7, 11) is 0. The molecule has 0 saturated carbocycles. The van der Waals surface area contributed by atoms with E-state index in [1.807, 2.05) is 0 Å². The Morgan fingerprint density at radius 2 is 2.27 bits per heavy atom. The predicted molar refractivity (Wildman–Crippen MR) is 53.0 cm³/mol. The van der Waals surface area contributed by atoms with Crippen LogP contribution in [-0.2, 0) is 11.2 Å².